The van der Waals surface area contributed by atoms with Crippen LogP contribution in [0.2, 0.25) is 0 Å². The average molecular weight is 204 g/mol. The van der Waals surface area contributed by atoms with Crippen LogP contribution in [0.5, 0.6) is 0 Å². The molecular formula is C9H12N6. The maximum absolute atomic E-state index is 5.61. The van der Waals surface area contributed by atoms with E-state index in [1.807, 2.05) is 0 Å². The van der Waals surface area contributed by atoms with Crippen molar-refractivity contribution >= 4 is 22.8 Å². The number of aromatic nitrogens is 4. The highest BCUT2D eigenvalue weighted by Gasteiger charge is 2.19. The van der Waals surface area contributed by atoms with Gasteiger partial charge in [-0.2, -0.15) is 15.1 Å². The molecule has 0 amide bonds. The Hall–Kier alpha value is -1.85. The predicted molar refractivity (Wildman–Crippen MR) is 57.4 cm³/mol. The molecule has 3 rings (SSSR count). The molecule has 78 valence electrons. The van der Waals surface area contributed by atoms with Gasteiger partial charge in [0.15, 0.2) is 5.65 Å². The first-order chi connectivity index (χ1) is 7.33. The SMILES string of the molecule is Nc1nc(NC2CCC2)c2cn[nH]c2n1. The minimum Gasteiger partial charge on any atom is -0.368 e. The highest BCUT2D eigenvalue weighted by Crippen LogP contribution is 2.26. The van der Waals surface area contributed by atoms with Crippen molar-refractivity contribution in [3.05, 3.63) is 6.20 Å². The van der Waals surface area contributed by atoms with Crippen LogP contribution in [0.25, 0.3) is 11.0 Å². The predicted octanol–water partition coefficient (Wildman–Crippen LogP) is 0.899. The smallest absolute Gasteiger partial charge is 0.224 e. The summed E-state index contributed by atoms with van der Waals surface area (Å²) in [5.41, 5.74) is 6.29. The molecule has 1 aliphatic carbocycles. The van der Waals surface area contributed by atoms with Crippen molar-refractivity contribution in [2.24, 2.45) is 0 Å². The van der Waals surface area contributed by atoms with E-state index in [0.29, 0.717) is 11.7 Å². The zero-order chi connectivity index (χ0) is 10.3. The maximum atomic E-state index is 5.61. The van der Waals surface area contributed by atoms with E-state index in [9.17, 15) is 0 Å². The fourth-order valence-electron chi connectivity index (χ4n) is 1.71. The minimum atomic E-state index is 0.272. The summed E-state index contributed by atoms with van der Waals surface area (Å²) in [6.45, 7) is 0. The average Bonchev–Trinajstić information content (AvgIpc) is 2.58. The van der Waals surface area contributed by atoms with Crippen molar-refractivity contribution in [1.82, 2.24) is 20.2 Å². The number of hydrogen-bond acceptors (Lipinski definition) is 5. The maximum Gasteiger partial charge on any atom is 0.224 e. The summed E-state index contributed by atoms with van der Waals surface area (Å²) in [6.07, 6.45) is 5.40. The zero-order valence-electron chi connectivity index (χ0n) is 8.20. The van der Waals surface area contributed by atoms with E-state index in [1.165, 1.54) is 19.3 Å². The van der Waals surface area contributed by atoms with Crippen molar-refractivity contribution in [3.8, 4) is 0 Å². The van der Waals surface area contributed by atoms with Gasteiger partial charge in [-0.15, -0.1) is 0 Å². The van der Waals surface area contributed by atoms with E-state index in [1.54, 1.807) is 6.20 Å². The Balaban J connectivity index is 2.02. The molecule has 6 nitrogen and oxygen atoms in total. The standard InChI is InChI=1S/C9H12N6/c10-9-13-7(12-5-2-1-3-5)6-4-11-15-8(6)14-9/h4-5H,1-3H2,(H4,10,11,12,13,14,15). The monoisotopic (exact) mass is 204 g/mol. The minimum absolute atomic E-state index is 0.272. The summed E-state index contributed by atoms with van der Waals surface area (Å²) in [5.74, 6) is 1.06. The van der Waals surface area contributed by atoms with Crippen LogP contribution in [0.15, 0.2) is 6.20 Å². The van der Waals surface area contributed by atoms with Gasteiger partial charge in [0.05, 0.1) is 11.6 Å². The largest absolute Gasteiger partial charge is 0.368 e. The topological polar surface area (TPSA) is 92.5 Å². The van der Waals surface area contributed by atoms with Gasteiger partial charge in [0.1, 0.15) is 5.82 Å². The number of H-pyrrole nitrogens is 1. The molecule has 1 saturated carbocycles. The van der Waals surface area contributed by atoms with Gasteiger partial charge < -0.3 is 11.1 Å². The van der Waals surface area contributed by atoms with Crippen LogP contribution in [0.1, 0.15) is 19.3 Å². The van der Waals surface area contributed by atoms with Crippen molar-refractivity contribution in [3.63, 3.8) is 0 Å². The van der Waals surface area contributed by atoms with E-state index in [2.05, 4.69) is 25.5 Å². The number of nitrogens with one attached hydrogen (secondary N) is 2. The van der Waals surface area contributed by atoms with Gasteiger partial charge in [0.25, 0.3) is 0 Å². The molecule has 2 aromatic rings. The van der Waals surface area contributed by atoms with Crippen LogP contribution in [-0.4, -0.2) is 26.2 Å². The van der Waals surface area contributed by atoms with Gasteiger partial charge >= 0.3 is 0 Å². The number of anilines is 2. The molecule has 15 heavy (non-hydrogen) atoms. The molecule has 1 aliphatic rings. The second-order valence-electron chi connectivity index (χ2n) is 3.83. The van der Waals surface area contributed by atoms with E-state index in [4.69, 9.17) is 5.73 Å². The molecule has 2 aromatic heterocycles. The molecule has 0 bridgehead atoms. The normalized spacial score (nSPS) is 16.5. The number of fused-ring (bicyclic) bond motifs is 1. The van der Waals surface area contributed by atoms with Crippen molar-refractivity contribution in [2.75, 3.05) is 11.1 Å². The molecule has 0 radical (unpaired) electrons. The molecule has 2 heterocycles. The number of hydrogen-bond donors (Lipinski definition) is 3. The third kappa shape index (κ3) is 1.38. The molecule has 1 fully saturated rings. The number of rotatable bonds is 2. The lowest BCUT2D eigenvalue weighted by atomic mass is 9.93. The molecule has 0 saturated heterocycles. The molecule has 0 aliphatic heterocycles. The molecular weight excluding hydrogens is 192 g/mol. The van der Waals surface area contributed by atoms with Gasteiger partial charge in [-0.25, -0.2) is 0 Å². The van der Waals surface area contributed by atoms with E-state index >= 15 is 0 Å². The molecule has 4 N–H and O–H groups in total. The number of nitrogen functional groups attached to an aromatic ring is 1. The molecule has 0 unspecified atom stereocenters. The third-order valence-electron chi connectivity index (χ3n) is 2.77. The Kier molecular flexibility index (Phi) is 1.74. The lowest BCUT2D eigenvalue weighted by molar-refractivity contribution is 0.445. The van der Waals surface area contributed by atoms with Crippen LogP contribution >= 0.6 is 0 Å². The lowest BCUT2D eigenvalue weighted by Crippen LogP contribution is -2.27. The van der Waals surface area contributed by atoms with Gasteiger partial charge in [-0.3, -0.25) is 5.10 Å². The first-order valence-electron chi connectivity index (χ1n) is 5.06. The molecule has 0 spiro atoms. The highest BCUT2D eigenvalue weighted by molar-refractivity contribution is 5.86. The van der Waals surface area contributed by atoms with E-state index < -0.39 is 0 Å². The van der Waals surface area contributed by atoms with Crippen molar-refractivity contribution < 1.29 is 0 Å². The molecule has 6 heteroatoms. The fraction of sp³-hybridized carbons (Fsp3) is 0.444. The summed E-state index contributed by atoms with van der Waals surface area (Å²) in [5, 5.41) is 11.0. The Morgan fingerprint density at radius 1 is 1.40 bits per heavy atom. The van der Waals surface area contributed by atoms with Gasteiger partial charge in [-0.1, -0.05) is 0 Å². The van der Waals surface area contributed by atoms with Crippen molar-refractivity contribution in [2.45, 2.75) is 25.3 Å². The fourth-order valence-corrected chi connectivity index (χ4v) is 1.71. The zero-order valence-corrected chi connectivity index (χ0v) is 8.20. The quantitative estimate of drug-likeness (QED) is 0.675. The summed E-state index contributed by atoms with van der Waals surface area (Å²) >= 11 is 0. The van der Waals surface area contributed by atoms with E-state index in [0.717, 1.165) is 11.2 Å². The van der Waals surface area contributed by atoms with Gasteiger partial charge in [-0.05, 0) is 19.3 Å². The second-order valence-corrected chi connectivity index (χ2v) is 3.83. The summed E-state index contributed by atoms with van der Waals surface area (Å²) in [4.78, 5) is 8.25. The van der Waals surface area contributed by atoms with Gasteiger partial charge in [0.2, 0.25) is 5.95 Å². The van der Waals surface area contributed by atoms with E-state index in [-0.39, 0.29) is 5.95 Å². The number of nitrogens with two attached hydrogens (primary N) is 1. The number of nitrogens with zero attached hydrogens (tertiary/aromatic N) is 3. The Bertz CT molecular complexity index is 486. The summed E-state index contributed by atoms with van der Waals surface area (Å²) in [7, 11) is 0. The van der Waals surface area contributed by atoms with Crippen LogP contribution in [0, 0.1) is 0 Å². The van der Waals surface area contributed by atoms with Gasteiger partial charge in [0, 0.05) is 6.04 Å². The third-order valence-corrected chi connectivity index (χ3v) is 2.77. The Morgan fingerprint density at radius 2 is 2.27 bits per heavy atom. The van der Waals surface area contributed by atoms with Crippen molar-refractivity contribution in [1.29, 1.82) is 0 Å². The lowest BCUT2D eigenvalue weighted by Gasteiger charge is -2.27. The molecule has 0 aromatic carbocycles. The first-order valence-corrected chi connectivity index (χ1v) is 5.06. The summed E-state index contributed by atoms with van der Waals surface area (Å²) < 4.78 is 0. The Morgan fingerprint density at radius 3 is 3.00 bits per heavy atom. The first kappa shape index (κ1) is 8.46. The highest BCUT2D eigenvalue weighted by atomic mass is 15.2. The van der Waals surface area contributed by atoms with Crippen LogP contribution in [0.3, 0.4) is 0 Å². The molecule has 0 atom stereocenters. The summed E-state index contributed by atoms with van der Waals surface area (Å²) in [6, 6.07) is 0.525. The van der Waals surface area contributed by atoms with Crippen LogP contribution in [-0.2, 0) is 0 Å². The Labute approximate surface area is 86.3 Å². The van der Waals surface area contributed by atoms with Crippen LogP contribution in [0.4, 0.5) is 11.8 Å². The number of aromatic amines is 1. The second kappa shape index (κ2) is 3.08. The van der Waals surface area contributed by atoms with Crippen LogP contribution < -0.4 is 11.1 Å².